The van der Waals surface area contributed by atoms with Crippen LogP contribution in [0, 0.1) is 5.82 Å². The Balaban J connectivity index is 2.75. The maximum Gasteiger partial charge on any atom is 0.240 e. The van der Waals surface area contributed by atoms with Crippen LogP contribution < -0.4 is 0 Å². The number of nitrogens with zero attached hydrogens (tertiary/aromatic N) is 1. The minimum atomic E-state index is -0.386. The standard InChI is InChI=1S/C9H4FNO2/c10-6-1-2-7-8(11-5-12)4-13-9(7)3-6/h1-4H. The van der Waals surface area contributed by atoms with E-state index in [1.807, 2.05) is 0 Å². The van der Waals surface area contributed by atoms with E-state index in [0.717, 1.165) is 0 Å². The summed E-state index contributed by atoms with van der Waals surface area (Å²) in [5.41, 5.74) is 0.735. The minimum absolute atomic E-state index is 0.366. The highest BCUT2D eigenvalue weighted by Gasteiger charge is 2.04. The van der Waals surface area contributed by atoms with Crippen LogP contribution in [0.3, 0.4) is 0 Å². The van der Waals surface area contributed by atoms with Crippen LogP contribution in [0.1, 0.15) is 0 Å². The van der Waals surface area contributed by atoms with Gasteiger partial charge in [-0.05, 0) is 12.1 Å². The van der Waals surface area contributed by atoms with Crippen LogP contribution >= 0.6 is 0 Å². The van der Waals surface area contributed by atoms with E-state index >= 15 is 0 Å². The number of furan rings is 1. The van der Waals surface area contributed by atoms with Gasteiger partial charge in [-0.15, -0.1) is 0 Å². The zero-order valence-corrected chi connectivity index (χ0v) is 6.45. The first-order valence-electron chi connectivity index (χ1n) is 3.56. The van der Waals surface area contributed by atoms with E-state index in [1.165, 1.54) is 30.5 Å². The summed E-state index contributed by atoms with van der Waals surface area (Å²) in [5.74, 6) is -0.386. The lowest BCUT2D eigenvalue weighted by molar-refractivity contribution is 0.565. The summed E-state index contributed by atoms with van der Waals surface area (Å²) in [4.78, 5) is 13.4. The molecule has 0 saturated heterocycles. The van der Waals surface area contributed by atoms with E-state index in [4.69, 9.17) is 4.42 Å². The van der Waals surface area contributed by atoms with E-state index in [9.17, 15) is 9.18 Å². The Morgan fingerprint density at radius 1 is 1.46 bits per heavy atom. The van der Waals surface area contributed by atoms with Gasteiger partial charge in [0.2, 0.25) is 6.08 Å². The minimum Gasteiger partial charge on any atom is -0.462 e. The van der Waals surface area contributed by atoms with Crippen molar-refractivity contribution >= 4 is 22.7 Å². The monoisotopic (exact) mass is 177 g/mol. The molecule has 4 heteroatoms. The van der Waals surface area contributed by atoms with Crippen molar-refractivity contribution in [2.45, 2.75) is 0 Å². The maximum atomic E-state index is 12.7. The number of hydrogen-bond acceptors (Lipinski definition) is 3. The molecule has 1 heterocycles. The van der Waals surface area contributed by atoms with Gasteiger partial charge in [0.05, 0.1) is 0 Å². The number of rotatable bonds is 1. The van der Waals surface area contributed by atoms with Gasteiger partial charge in [-0.3, -0.25) is 0 Å². The zero-order valence-electron chi connectivity index (χ0n) is 6.45. The summed E-state index contributed by atoms with van der Waals surface area (Å²) >= 11 is 0. The van der Waals surface area contributed by atoms with Crippen molar-refractivity contribution in [1.82, 2.24) is 0 Å². The molecule has 0 amide bonds. The van der Waals surface area contributed by atoms with Crippen molar-refractivity contribution in [3.05, 3.63) is 30.3 Å². The Morgan fingerprint density at radius 3 is 3.08 bits per heavy atom. The fourth-order valence-electron chi connectivity index (χ4n) is 1.12. The van der Waals surface area contributed by atoms with Crippen LogP contribution in [0.15, 0.2) is 33.9 Å². The molecule has 1 aromatic heterocycles. The second-order valence-corrected chi connectivity index (χ2v) is 2.46. The third-order valence-electron chi connectivity index (χ3n) is 1.68. The topological polar surface area (TPSA) is 42.6 Å². The van der Waals surface area contributed by atoms with E-state index < -0.39 is 0 Å². The SMILES string of the molecule is O=C=Nc1coc2cc(F)ccc12. The lowest BCUT2D eigenvalue weighted by atomic mass is 10.2. The molecule has 0 radical (unpaired) electrons. The maximum absolute atomic E-state index is 12.7. The molecule has 0 bridgehead atoms. The number of carbonyl (C=O) groups excluding carboxylic acids is 1. The number of hydrogen-bond donors (Lipinski definition) is 0. The molecule has 0 aliphatic rings. The molecule has 0 N–H and O–H groups in total. The summed E-state index contributed by atoms with van der Waals surface area (Å²) in [6.07, 6.45) is 2.68. The van der Waals surface area contributed by atoms with Crippen molar-refractivity contribution in [2.75, 3.05) is 0 Å². The average Bonchev–Trinajstić information content (AvgIpc) is 2.49. The number of benzene rings is 1. The van der Waals surface area contributed by atoms with Crippen molar-refractivity contribution in [1.29, 1.82) is 0 Å². The van der Waals surface area contributed by atoms with Gasteiger partial charge in [0.15, 0.2) is 0 Å². The fraction of sp³-hybridized carbons (Fsp3) is 0. The van der Waals surface area contributed by atoms with Gasteiger partial charge in [0.25, 0.3) is 0 Å². The molecule has 0 atom stereocenters. The van der Waals surface area contributed by atoms with Crippen LogP contribution in [0.2, 0.25) is 0 Å². The quantitative estimate of drug-likeness (QED) is 0.496. The first-order valence-corrected chi connectivity index (χ1v) is 3.56. The summed E-state index contributed by atoms with van der Waals surface area (Å²) in [6, 6.07) is 4.02. The zero-order chi connectivity index (χ0) is 9.26. The first-order chi connectivity index (χ1) is 6.31. The molecule has 0 fully saturated rings. The Bertz CT molecular complexity index is 497. The van der Waals surface area contributed by atoms with Crippen LogP contribution in [0.25, 0.3) is 11.0 Å². The lowest BCUT2D eigenvalue weighted by Crippen LogP contribution is -1.70. The second kappa shape index (κ2) is 2.84. The number of isocyanates is 1. The highest BCUT2D eigenvalue weighted by molar-refractivity contribution is 5.89. The molecule has 1 aromatic carbocycles. The van der Waals surface area contributed by atoms with Gasteiger partial charge in [0, 0.05) is 11.5 Å². The smallest absolute Gasteiger partial charge is 0.240 e. The van der Waals surface area contributed by atoms with Gasteiger partial charge in [-0.25, -0.2) is 9.18 Å². The Kier molecular flexibility index (Phi) is 1.69. The lowest BCUT2D eigenvalue weighted by Gasteiger charge is -1.87. The third-order valence-corrected chi connectivity index (χ3v) is 1.68. The summed E-state index contributed by atoms with van der Waals surface area (Å²) in [7, 11) is 0. The molecule has 64 valence electrons. The van der Waals surface area contributed by atoms with Crippen LogP contribution in [-0.4, -0.2) is 6.08 Å². The molecule has 2 aromatic rings. The van der Waals surface area contributed by atoms with Crippen LogP contribution in [0.4, 0.5) is 10.1 Å². The molecule has 0 aliphatic carbocycles. The van der Waals surface area contributed by atoms with Crippen molar-refractivity contribution in [2.24, 2.45) is 4.99 Å². The van der Waals surface area contributed by atoms with Gasteiger partial charge in [-0.2, -0.15) is 4.99 Å². The highest BCUT2D eigenvalue weighted by Crippen LogP contribution is 2.27. The van der Waals surface area contributed by atoms with Crippen LogP contribution in [-0.2, 0) is 4.79 Å². The number of fused-ring (bicyclic) bond motifs is 1. The molecular formula is C9H4FNO2. The van der Waals surface area contributed by atoms with E-state index in [0.29, 0.717) is 16.7 Å². The van der Waals surface area contributed by atoms with Gasteiger partial charge >= 0.3 is 0 Å². The highest BCUT2D eigenvalue weighted by atomic mass is 19.1. The summed E-state index contributed by atoms with van der Waals surface area (Å²) in [6.45, 7) is 0. The number of aliphatic imine (C=N–C) groups is 1. The molecule has 3 nitrogen and oxygen atoms in total. The predicted octanol–water partition coefficient (Wildman–Crippen LogP) is 2.54. The fourth-order valence-corrected chi connectivity index (χ4v) is 1.12. The van der Waals surface area contributed by atoms with E-state index in [-0.39, 0.29) is 5.82 Å². The third kappa shape index (κ3) is 1.23. The molecular weight excluding hydrogens is 173 g/mol. The van der Waals surface area contributed by atoms with Crippen LogP contribution in [0.5, 0.6) is 0 Å². The van der Waals surface area contributed by atoms with Crippen molar-refractivity contribution in [3.8, 4) is 0 Å². The molecule has 2 rings (SSSR count). The summed E-state index contributed by atoms with van der Waals surface area (Å²) in [5, 5.41) is 0.602. The normalized spacial score (nSPS) is 9.92. The predicted molar refractivity (Wildman–Crippen MR) is 44.0 cm³/mol. The Morgan fingerprint density at radius 2 is 2.31 bits per heavy atom. The molecule has 0 aliphatic heterocycles. The number of halogens is 1. The molecule has 13 heavy (non-hydrogen) atoms. The Hall–Kier alpha value is -1.93. The largest absolute Gasteiger partial charge is 0.462 e. The van der Waals surface area contributed by atoms with E-state index in [2.05, 4.69) is 4.99 Å². The molecule has 0 unspecified atom stereocenters. The van der Waals surface area contributed by atoms with Gasteiger partial charge < -0.3 is 4.42 Å². The first kappa shape index (κ1) is 7.71. The van der Waals surface area contributed by atoms with Gasteiger partial charge in [-0.1, -0.05) is 0 Å². The molecule has 0 spiro atoms. The van der Waals surface area contributed by atoms with Crippen molar-refractivity contribution in [3.63, 3.8) is 0 Å². The average molecular weight is 177 g/mol. The molecule has 0 saturated carbocycles. The Labute approximate surface area is 72.5 Å². The summed E-state index contributed by atoms with van der Waals surface area (Å²) < 4.78 is 17.6. The van der Waals surface area contributed by atoms with Gasteiger partial charge in [0.1, 0.15) is 23.4 Å². The second-order valence-electron chi connectivity index (χ2n) is 2.46. The van der Waals surface area contributed by atoms with E-state index in [1.54, 1.807) is 0 Å². The van der Waals surface area contributed by atoms with Crippen molar-refractivity contribution < 1.29 is 13.6 Å².